The highest BCUT2D eigenvalue weighted by atomic mass is 15.3. The van der Waals surface area contributed by atoms with Crippen LogP contribution >= 0.6 is 0 Å². The first kappa shape index (κ1) is 9.71. The highest BCUT2D eigenvalue weighted by Gasteiger charge is 2.02. The Bertz CT molecular complexity index is 354. The van der Waals surface area contributed by atoms with Gasteiger partial charge in [-0.05, 0) is 25.0 Å². The molecule has 0 amide bonds. The molecule has 0 aliphatic rings. The van der Waals surface area contributed by atoms with E-state index in [1.54, 1.807) is 0 Å². The quantitative estimate of drug-likeness (QED) is 0.672. The number of H-pyrrole nitrogens is 1. The second-order valence-electron chi connectivity index (χ2n) is 2.72. The lowest BCUT2D eigenvalue weighted by Gasteiger charge is -1.94. The van der Waals surface area contributed by atoms with E-state index in [9.17, 15) is 0 Å². The second-order valence-corrected chi connectivity index (χ2v) is 2.72. The number of aromatic amines is 1. The van der Waals surface area contributed by atoms with Crippen LogP contribution in [0.3, 0.4) is 0 Å². The molecule has 0 fully saturated rings. The third-order valence-corrected chi connectivity index (χ3v) is 1.88. The maximum absolute atomic E-state index is 4.04. The molecule has 0 saturated carbocycles. The summed E-state index contributed by atoms with van der Waals surface area (Å²) in [6.45, 7) is 8.06. The lowest BCUT2D eigenvalue weighted by Crippen LogP contribution is -1.79. The predicted octanol–water partition coefficient (Wildman–Crippen LogP) is 2.60. The second kappa shape index (κ2) is 4.03. The molecule has 2 rings (SSSR count). The number of aromatic nitrogens is 3. The monoisotopic (exact) mass is 177 g/mol. The summed E-state index contributed by atoms with van der Waals surface area (Å²) >= 11 is 0. The van der Waals surface area contributed by atoms with E-state index in [1.807, 2.05) is 27.7 Å². The fraction of sp³-hybridized carbons (Fsp3) is 0.400. The van der Waals surface area contributed by atoms with E-state index in [-0.39, 0.29) is 0 Å². The molecule has 3 nitrogen and oxygen atoms in total. The molecule has 0 aliphatic carbocycles. The summed E-state index contributed by atoms with van der Waals surface area (Å²) in [5, 5.41) is 10.7. The maximum atomic E-state index is 4.04. The van der Waals surface area contributed by atoms with Gasteiger partial charge in [0, 0.05) is 0 Å². The van der Waals surface area contributed by atoms with Crippen molar-refractivity contribution in [1.82, 2.24) is 15.4 Å². The highest BCUT2D eigenvalue weighted by molar-refractivity contribution is 5.80. The molecular formula is C10H15N3. The van der Waals surface area contributed by atoms with Crippen LogP contribution in [-0.4, -0.2) is 15.4 Å². The van der Waals surface area contributed by atoms with Crippen LogP contribution in [0.4, 0.5) is 0 Å². The van der Waals surface area contributed by atoms with E-state index in [4.69, 9.17) is 0 Å². The van der Waals surface area contributed by atoms with Gasteiger partial charge in [0.15, 0.2) is 0 Å². The first-order valence-corrected chi connectivity index (χ1v) is 4.56. The van der Waals surface area contributed by atoms with Crippen molar-refractivity contribution in [3.05, 3.63) is 23.3 Å². The zero-order valence-electron chi connectivity index (χ0n) is 8.55. The third-order valence-electron chi connectivity index (χ3n) is 1.88. The zero-order valence-corrected chi connectivity index (χ0v) is 8.55. The summed E-state index contributed by atoms with van der Waals surface area (Å²) in [6, 6.07) is 4.11. The third kappa shape index (κ3) is 1.69. The van der Waals surface area contributed by atoms with E-state index in [0.29, 0.717) is 0 Å². The fourth-order valence-electron chi connectivity index (χ4n) is 1.19. The number of rotatable bonds is 0. The van der Waals surface area contributed by atoms with E-state index in [1.165, 1.54) is 11.1 Å². The van der Waals surface area contributed by atoms with Gasteiger partial charge in [0.1, 0.15) is 11.0 Å². The smallest absolute Gasteiger partial charge is 0.116 e. The zero-order chi connectivity index (χ0) is 9.84. The summed E-state index contributed by atoms with van der Waals surface area (Å²) in [5.41, 5.74) is 4.29. The highest BCUT2D eigenvalue weighted by Crippen LogP contribution is 2.16. The van der Waals surface area contributed by atoms with E-state index in [0.717, 1.165) is 11.0 Å². The average molecular weight is 177 g/mol. The van der Waals surface area contributed by atoms with Crippen molar-refractivity contribution in [3.8, 4) is 0 Å². The van der Waals surface area contributed by atoms with Gasteiger partial charge in [0.05, 0.1) is 0 Å². The first-order chi connectivity index (χ1) is 6.29. The van der Waals surface area contributed by atoms with Crippen molar-refractivity contribution in [2.75, 3.05) is 0 Å². The SMILES string of the molecule is CC.Cc1ccc(C)c2n[nH]nc12. The molecule has 3 heteroatoms. The minimum Gasteiger partial charge on any atom is -0.197 e. The van der Waals surface area contributed by atoms with Gasteiger partial charge in [-0.15, -0.1) is 0 Å². The lowest BCUT2D eigenvalue weighted by atomic mass is 10.1. The van der Waals surface area contributed by atoms with Crippen molar-refractivity contribution in [1.29, 1.82) is 0 Å². The first-order valence-electron chi connectivity index (χ1n) is 4.56. The van der Waals surface area contributed by atoms with Crippen molar-refractivity contribution in [2.45, 2.75) is 27.7 Å². The van der Waals surface area contributed by atoms with Crippen LogP contribution < -0.4 is 0 Å². The molecule has 70 valence electrons. The molecule has 0 atom stereocenters. The summed E-state index contributed by atoms with van der Waals surface area (Å²) in [6.07, 6.45) is 0. The lowest BCUT2D eigenvalue weighted by molar-refractivity contribution is 0.957. The Hall–Kier alpha value is -1.38. The molecule has 13 heavy (non-hydrogen) atoms. The van der Waals surface area contributed by atoms with Gasteiger partial charge in [-0.2, -0.15) is 15.4 Å². The minimum absolute atomic E-state index is 0.977. The van der Waals surface area contributed by atoms with Crippen molar-refractivity contribution in [2.24, 2.45) is 0 Å². The van der Waals surface area contributed by atoms with Gasteiger partial charge in [0.25, 0.3) is 0 Å². The molecule has 1 aromatic carbocycles. The molecule has 1 heterocycles. The largest absolute Gasteiger partial charge is 0.197 e. The summed E-state index contributed by atoms with van der Waals surface area (Å²) in [5.74, 6) is 0. The Kier molecular flexibility index (Phi) is 3.01. The summed E-state index contributed by atoms with van der Waals surface area (Å²) in [7, 11) is 0. The molecule has 1 N–H and O–H groups in total. The molecule has 0 spiro atoms. The van der Waals surface area contributed by atoms with Gasteiger partial charge < -0.3 is 0 Å². The fourth-order valence-corrected chi connectivity index (χ4v) is 1.19. The van der Waals surface area contributed by atoms with E-state index >= 15 is 0 Å². The van der Waals surface area contributed by atoms with Crippen LogP contribution in [0.1, 0.15) is 25.0 Å². The number of aryl methyl sites for hydroxylation is 2. The van der Waals surface area contributed by atoms with Crippen molar-refractivity contribution in [3.63, 3.8) is 0 Å². The Balaban J connectivity index is 0.000000396. The molecular weight excluding hydrogens is 162 g/mol. The molecule has 0 unspecified atom stereocenters. The molecule has 0 bridgehead atoms. The number of nitrogens with one attached hydrogen (secondary N) is 1. The minimum atomic E-state index is 0.977. The van der Waals surface area contributed by atoms with Crippen LogP contribution in [0.5, 0.6) is 0 Å². The molecule has 0 aliphatic heterocycles. The van der Waals surface area contributed by atoms with Gasteiger partial charge >= 0.3 is 0 Å². The van der Waals surface area contributed by atoms with E-state index < -0.39 is 0 Å². The maximum Gasteiger partial charge on any atom is 0.116 e. The standard InChI is InChI=1S/C8H9N3.C2H6/c1-5-3-4-6(2)8-7(5)9-11-10-8;1-2/h3-4H,1-2H3,(H,9,10,11);1-2H3. The van der Waals surface area contributed by atoms with Crippen LogP contribution in [-0.2, 0) is 0 Å². The summed E-state index contributed by atoms with van der Waals surface area (Å²) < 4.78 is 0. The number of benzene rings is 1. The average Bonchev–Trinajstić information content (AvgIpc) is 2.64. The van der Waals surface area contributed by atoms with Crippen LogP contribution in [0.2, 0.25) is 0 Å². The molecule has 0 saturated heterocycles. The summed E-state index contributed by atoms with van der Waals surface area (Å²) in [4.78, 5) is 0. The van der Waals surface area contributed by atoms with Crippen molar-refractivity contribution < 1.29 is 0 Å². The Morgan fingerprint density at radius 1 is 0.923 bits per heavy atom. The van der Waals surface area contributed by atoms with Gasteiger partial charge in [-0.1, -0.05) is 26.0 Å². The van der Waals surface area contributed by atoms with E-state index in [2.05, 4.69) is 27.5 Å². The normalized spacial score (nSPS) is 9.54. The Morgan fingerprint density at radius 2 is 1.31 bits per heavy atom. The number of hydrogen-bond donors (Lipinski definition) is 1. The van der Waals surface area contributed by atoms with Crippen LogP contribution in [0.25, 0.3) is 11.0 Å². The van der Waals surface area contributed by atoms with Gasteiger partial charge in [-0.25, -0.2) is 0 Å². The number of hydrogen-bond acceptors (Lipinski definition) is 2. The van der Waals surface area contributed by atoms with Crippen LogP contribution in [0.15, 0.2) is 12.1 Å². The topological polar surface area (TPSA) is 41.6 Å². The number of fused-ring (bicyclic) bond motifs is 1. The molecule has 2 aromatic rings. The predicted molar refractivity (Wildman–Crippen MR) is 54.7 cm³/mol. The van der Waals surface area contributed by atoms with Crippen molar-refractivity contribution >= 4 is 11.0 Å². The van der Waals surface area contributed by atoms with Gasteiger partial charge in [0.2, 0.25) is 0 Å². The van der Waals surface area contributed by atoms with Gasteiger partial charge in [-0.3, -0.25) is 0 Å². The number of nitrogens with zero attached hydrogens (tertiary/aromatic N) is 2. The molecule has 1 aromatic heterocycles. The van der Waals surface area contributed by atoms with Crippen LogP contribution in [0, 0.1) is 13.8 Å². The molecule has 0 radical (unpaired) electrons. The Morgan fingerprint density at radius 3 is 1.69 bits per heavy atom. The Labute approximate surface area is 78.2 Å².